The summed E-state index contributed by atoms with van der Waals surface area (Å²) in [5.41, 5.74) is 1.43. The number of amides is 1. The molecule has 0 radical (unpaired) electrons. The van der Waals surface area contributed by atoms with Crippen LogP contribution in [-0.4, -0.2) is 28.5 Å². The number of phenols is 1. The van der Waals surface area contributed by atoms with Crippen LogP contribution in [0.25, 0.3) is 0 Å². The Morgan fingerprint density at radius 2 is 2.11 bits per heavy atom. The van der Waals surface area contributed by atoms with E-state index in [0.717, 1.165) is 24.9 Å². The summed E-state index contributed by atoms with van der Waals surface area (Å²) in [5, 5.41) is 9.51. The number of carbonyl (C=O) groups is 1. The number of benzene rings is 1. The van der Waals surface area contributed by atoms with E-state index >= 15 is 0 Å². The second-order valence-corrected chi connectivity index (χ2v) is 5.20. The van der Waals surface area contributed by atoms with Crippen LogP contribution in [-0.2, 0) is 0 Å². The standard InChI is InChI=1S/C15H21NO2/c1-11-10-13(7-8-14(11)17)15(18)16-9-5-3-4-6-12(16)2/h7-8,10,12,17H,3-6,9H2,1-2H3. The Bertz CT molecular complexity index is 442. The molecule has 0 spiro atoms. The molecular formula is C15H21NO2. The molecule has 1 unspecified atom stereocenters. The predicted molar refractivity (Wildman–Crippen MR) is 71.8 cm³/mol. The first kappa shape index (κ1) is 12.9. The zero-order valence-electron chi connectivity index (χ0n) is 11.1. The summed E-state index contributed by atoms with van der Waals surface area (Å²) in [4.78, 5) is 14.4. The topological polar surface area (TPSA) is 40.5 Å². The minimum Gasteiger partial charge on any atom is -0.508 e. The van der Waals surface area contributed by atoms with Crippen molar-refractivity contribution in [1.29, 1.82) is 0 Å². The first-order chi connectivity index (χ1) is 8.59. The van der Waals surface area contributed by atoms with Gasteiger partial charge in [-0.25, -0.2) is 0 Å². The van der Waals surface area contributed by atoms with Gasteiger partial charge in [0.25, 0.3) is 5.91 Å². The molecule has 1 amide bonds. The van der Waals surface area contributed by atoms with E-state index in [1.54, 1.807) is 18.2 Å². The number of rotatable bonds is 1. The molecule has 98 valence electrons. The first-order valence-corrected chi connectivity index (χ1v) is 6.70. The lowest BCUT2D eigenvalue weighted by Crippen LogP contribution is -2.38. The van der Waals surface area contributed by atoms with Crippen LogP contribution in [0.15, 0.2) is 18.2 Å². The highest BCUT2D eigenvalue weighted by molar-refractivity contribution is 5.94. The summed E-state index contributed by atoms with van der Waals surface area (Å²) in [7, 11) is 0. The van der Waals surface area contributed by atoms with Gasteiger partial charge < -0.3 is 10.0 Å². The van der Waals surface area contributed by atoms with Crippen LogP contribution in [0.2, 0.25) is 0 Å². The second-order valence-electron chi connectivity index (χ2n) is 5.20. The lowest BCUT2D eigenvalue weighted by Gasteiger charge is -2.27. The van der Waals surface area contributed by atoms with Crippen molar-refractivity contribution in [3.05, 3.63) is 29.3 Å². The highest BCUT2D eigenvalue weighted by Gasteiger charge is 2.23. The smallest absolute Gasteiger partial charge is 0.254 e. The largest absolute Gasteiger partial charge is 0.508 e. The number of phenolic OH excluding ortho intramolecular Hbond substituents is 1. The molecular weight excluding hydrogens is 226 g/mol. The third-order valence-electron chi connectivity index (χ3n) is 3.76. The number of hydrogen-bond acceptors (Lipinski definition) is 2. The maximum absolute atomic E-state index is 12.5. The monoisotopic (exact) mass is 247 g/mol. The Hall–Kier alpha value is -1.51. The van der Waals surface area contributed by atoms with Gasteiger partial charge in [0, 0.05) is 18.2 Å². The van der Waals surface area contributed by atoms with Crippen LogP contribution in [0.4, 0.5) is 0 Å². The molecule has 1 heterocycles. The van der Waals surface area contributed by atoms with Gasteiger partial charge in [-0.15, -0.1) is 0 Å². The molecule has 0 bridgehead atoms. The van der Waals surface area contributed by atoms with Gasteiger partial charge in [-0.05, 0) is 50.5 Å². The molecule has 1 fully saturated rings. The lowest BCUT2D eigenvalue weighted by molar-refractivity contribution is 0.0698. The highest BCUT2D eigenvalue weighted by atomic mass is 16.3. The molecule has 1 saturated heterocycles. The first-order valence-electron chi connectivity index (χ1n) is 6.70. The minimum atomic E-state index is 0.0903. The van der Waals surface area contributed by atoms with Crippen molar-refractivity contribution in [1.82, 2.24) is 4.90 Å². The Morgan fingerprint density at radius 1 is 1.33 bits per heavy atom. The van der Waals surface area contributed by atoms with Gasteiger partial charge >= 0.3 is 0 Å². The van der Waals surface area contributed by atoms with E-state index in [1.165, 1.54) is 12.8 Å². The fraction of sp³-hybridized carbons (Fsp3) is 0.533. The molecule has 18 heavy (non-hydrogen) atoms. The molecule has 1 aliphatic heterocycles. The van der Waals surface area contributed by atoms with Crippen molar-refractivity contribution in [2.24, 2.45) is 0 Å². The van der Waals surface area contributed by atoms with Gasteiger partial charge in [0.2, 0.25) is 0 Å². The normalized spacial score (nSPS) is 20.6. The molecule has 1 aromatic carbocycles. The van der Waals surface area contributed by atoms with Gasteiger partial charge in [0.15, 0.2) is 0 Å². The Kier molecular flexibility index (Phi) is 3.90. The summed E-state index contributed by atoms with van der Waals surface area (Å²) in [6, 6.07) is 5.40. The molecule has 1 aromatic rings. The number of carbonyl (C=O) groups excluding carboxylic acids is 1. The van der Waals surface area contributed by atoms with Gasteiger partial charge in [0.1, 0.15) is 5.75 Å². The number of hydrogen-bond donors (Lipinski definition) is 1. The summed E-state index contributed by atoms with van der Waals surface area (Å²) in [6.45, 7) is 4.79. The van der Waals surface area contributed by atoms with Crippen LogP contribution >= 0.6 is 0 Å². The fourth-order valence-electron chi connectivity index (χ4n) is 2.53. The highest BCUT2D eigenvalue weighted by Crippen LogP contribution is 2.22. The average Bonchev–Trinajstić information content (AvgIpc) is 2.56. The predicted octanol–water partition coefficient (Wildman–Crippen LogP) is 3.11. The molecule has 3 nitrogen and oxygen atoms in total. The molecule has 3 heteroatoms. The zero-order chi connectivity index (χ0) is 13.1. The summed E-state index contributed by atoms with van der Waals surface area (Å²) < 4.78 is 0. The third-order valence-corrected chi connectivity index (χ3v) is 3.76. The van der Waals surface area contributed by atoms with Crippen molar-refractivity contribution in [3.8, 4) is 5.75 Å². The quantitative estimate of drug-likeness (QED) is 0.828. The van der Waals surface area contributed by atoms with E-state index in [0.29, 0.717) is 11.6 Å². The molecule has 2 rings (SSSR count). The second kappa shape index (κ2) is 5.42. The third kappa shape index (κ3) is 2.66. The van der Waals surface area contributed by atoms with Gasteiger partial charge in [0.05, 0.1) is 0 Å². The molecule has 0 aromatic heterocycles. The van der Waals surface area contributed by atoms with Crippen LogP contribution in [0, 0.1) is 6.92 Å². The number of nitrogens with zero attached hydrogens (tertiary/aromatic N) is 1. The summed E-state index contributed by atoms with van der Waals surface area (Å²) >= 11 is 0. The van der Waals surface area contributed by atoms with Gasteiger partial charge in [-0.2, -0.15) is 0 Å². The summed E-state index contributed by atoms with van der Waals surface area (Å²) in [5.74, 6) is 0.336. The minimum absolute atomic E-state index is 0.0903. The van der Waals surface area contributed by atoms with Crippen molar-refractivity contribution < 1.29 is 9.90 Å². The van der Waals surface area contributed by atoms with Crippen molar-refractivity contribution in [3.63, 3.8) is 0 Å². The van der Waals surface area contributed by atoms with Crippen molar-refractivity contribution >= 4 is 5.91 Å². The number of aromatic hydroxyl groups is 1. The average molecular weight is 247 g/mol. The van der Waals surface area contributed by atoms with E-state index in [1.807, 2.05) is 11.8 Å². The number of likely N-dealkylation sites (tertiary alicyclic amines) is 1. The molecule has 0 aliphatic carbocycles. The molecule has 0 saturated carbocycles. The van der Waals surface area contributed by atoms with Crippen molar-refractivity contribution in [2.45, 2.75) is 45.6 Å². The lowest BCUT2D eigenvalue weighted by atomic mass is 10.1. The van der Waals surface area contributed by atoms with E-state index in [4.69, 9.17) is 0 Å². The Labute approximate surface area is 108 Å². The van der Waals surface area contributed by atoms with E-state index < -0.39 is 0 Å². The maximum Gasteiger partial charge on any atom is 0.254 e. The SMILES string of the molecule is Cc1cc(C(=O)N2CCCCCC2C)ccc1O. The van der Waals surface area contributed by atoms with Crippen LogP contribution < -0.4 is 0 Å². The van der Waals surface area contributed by atoms with E-state index in [-0.39, 0.29) is 11.7 Å². The van der Waals surface area contributed by atoms with Gasteiger partial charge in [-0.3, -0.25) is 4.79 Å². The maximum atomic E-state index is 12.5. The van der Waals surface area contributed by atoms with E-state index in [9.17, 15) is 9.90 Å². The van der Waals surface area contributed by atoms with Crippen LogP contribution in [0.5, 0.6) is 5.75 Å². The zero-order valence-corrected chi connectivity index (χ0v) is 11.1. The number of aryl methyl sites for hydroxylation is 1. The van der Waals surface area contributed by atoms with Crippen molar-refractivity contribution in [2.75, 3.05) is 6.54 Å². The van der Waals surface area contributed by atoms with Crippen LogP contribution in [0.1, 0.15) is 48.5 Å². The van der Waals surface area contributed by atoms with E-state index in [2.05, 4.69) is 6.92 Å². The van der Waals surface area contributed by atoms with Crippen LogP contribution in [0.3, 0.4) is 0 Å². The Morgan fingerprint density at radius 3 is 2.83 bits per heavy atom. The summed E-state index contributed by atoms with van der Waals surface area (Å²) in [6.07, 6.45) is 4.60. The molecule has 1 atom stereocenters. The van der Waals surface area contributed by atoms with Gasteiger partial charge in [-0.1, -0.05) is 12.8 Å². The fourth-order valence-corrected chi connectivity index (χ4v) is 2.53. The molecule has 1 N–H and O–H groups in total. The Balaban J connectivity index is 2.21. The molecule has 1 aliphatic rings.